The minimum absolute atomic E-state index is 0.258. The van der Waals surface area contributed by atoms with Crippen molar-refractivity contribution in [2.75, 3.05) is 7.05 Å². The van der Waals surface area contributed by atoms with Crippen LogP contribution in [-0.4, -0.2) is 18.1 Å². The van der Waals surface area contributed by atoms with Crippen molar-refractivity contribution in [1.29, 1.82) is 0 Å². The summed E-state index contributed by atoms with van der Waals surface area (Å²) >= 11 is 0. The van der Waals surface area contributed by atoms with Gasteiger partial charge in [0.05, 0.1) is 6.20 Å². The van der Waals surface area contributed by atoms with E-state index in [1.54, 1.807) is 0 Å². The molecule has 16 heavy (non-hydrogen) atoms. The summed E-state index contributed by atoms with van der Waals surface area (Å²) < 4.78 is 18.8. The molecule has 1 saturated carbocycles. The molecule has 0 amide bonds. The molecule has 1 fully saturated rings. The van der Waals surface area contributed by atoms with Crippen LogP contribution in [0.3, 0.4) is 0 Å². The van der Waals surface area contributed by atoms with E-state index >= 15 is 0 Å². The zero-order valence-corrected chi connectivity index (χ0v) is 9.50. The number of aromatic nitrogens is 1. The Morgan fingerprint density at radius 2 is 2.25 bits per heavy atom. The van der Waals surface area contributed by atoms with E-state index in [2.05, 4.69) is 10.3 Å². The fourth-order valence-electron chi connectivity index (χ4n) is 2.06. The molecule has 1 heterocycles. The molecular formula is C12H17FN2O. The van der Waals surface area contributed by atoms with Crippen molar-refractivity contribution >= 4 is 0 Å². The van der Waals surface area contributed by atoms with Crippen LogP contribution in [-0.2, 0) is 6.54 Å². The average Bonchev–Trinajstić information content (AvgIpc) is 2.75. The lowest BCUT2D eigenvalue weighted by Crippen LogP contribution is -2.15. The highest BCUT2D eigenvalue weighted by Crippen LogP contribution is 2.25. The zero-order valence-electron chi connectivity index (χ0n) is 9.50. The minimum Gasteiger partial charge on any atom is -0.474 e. The summed E-state index contributed by atoms with van der Waals surface area (Å²) in [5.74, 6) is 0.256. The number of halogens is 1. The van der Waals surface area contributed by atoms with Crippen LogP contribution in [0.2, 0.25) is 0 Å². The fourth-order valence-corrected chi connectivity index (χ4v) is 2.06. The van der Waals surface area contributed by atoms with Gasteiger partial charge in [0.2, 0.25) is 5.88 Å². The van der Waals surface area contributed by atoms with Gasteiger partial charge < -0.3 is 10.1 Å². The van der Waals surface area contributed by atoms with Gasteiger partial charge in [0.15, 0.2) is 0 Å². The first kappa shape index (κ1) is 11.3. The summed E-state index contributed by atoms with van der Waals surface area (Å²) in [6.07, 6.45) is 6.06. The third-order valence-electron chi connectivity index (χ3n) is 2.84. The highest BCUT2D eigenvalue weighted by Gasteiger charge is 2.18. The Labute approximate surface area is 95.0 Å². The third kappa shape index (κ3) is 2.70. The van der Waals surface area contributed by atoms with Gasteiger partial charge >= 0.3 is 0 Å². The number of nitrogens with one attached hydrogen (secondary N) is 1. The second-order valence-electron chi connectivity index (χ2n) is 4.17. The summed E-state index contributed by atoms with van der Waals surface area (Å²) in [6.45, 7) is 0.576. The Kier molecular flexibility index (Phi) is 3.72. The fraction of sp³-hybridized carbons (Fsp3) is 0.583. The standard InChI is InChI=1S/C12H17FN2O/c1-14-7-9-6-10(13)8-15-12(9)16-11-4-2-3-5-11/h6,8,11,14H,2-5,7H2,1H3. The molecule has 1 aromatic rings. The lowest BCUT2D eigenvalue weighted by Gasteiger charge is -2.15. The van der Waals surface area contributed by atoms with Crippen LogP contribution in [0.1, 0.15) is 31.2 Å². The van der Waals surface area contributed by atoms with E-state index in [1.807, 2.05) is 7.05 Å². The molecule has 3 nitrogen and oxygen atoms in total. The van der Waals surface area contributed by atoms with Crippen molar-refractivity contribution in [2.24, 2.45) is 0 Å². The van der Waals surface area contributed by atoms with Crippen molar-refractivity contribution in [2.45, 2.75) is 38.3 Å². The van der Waals surface area contributed by atoms with Gasteiger partial charge in [-0.25, -0.2) is 9.37 Å². The molecule has 0 unspecified atom stereocenters. The van der Waals surface area contributed by atoms with E-state index in [0.29, 0.717) is 12.4 Å². The van der Waals surface area contributed by atoms with Crippen LogP contribution >= 0.6 is 0 Å². The second kappa shape index (κ2) is 5.25. The quantitative estimate of drug-likeness (QED) is 0.851. The molecule has 0 radical (unpaired) electrons. The van der Waals surface area contributed by atoms with Crippen LogP contribution < -0.4 is 10.1 Å². The van der Waals surface area contributed by atoms with Crippen molar-refractivity contribution in [3.63, 3.8) is 0 Å². The summed E-state index contributed by atoms with van der Waals surface area (Å²) in [5.41, 5.74) is 0.786. The van der Waals surface area contributed by atoms with Gasteiger partial charge in [0.25, 0.3) is 0 Å². The summed E-state index contributed by atoms with van der Waals surface area (Å²) in [7, 11) is 1.82. The maximum Gasteiger partial charge on any atom is 0.218 e. The maximum atomic E-state index is 13.0. The Morgan fingerprint density at radius 1 is 1.50 bits per heavy atom. The molecule has 0 atom stereocenters. The maximum absolute atomic E-state index is 13.0. The van der Waals surface area contributed by atoms with Crippen molar-refractivity contribution in [3.05, 3.63) is 23.6 Å². The van der Waals surface area contributed by atoms with Crippen LogP contribution in [0.25, 0.3) is 0 Å². The number of ether oxygens (including phenoxy) is 1. The van der Waals surface area contributed by atoms with Gasteiger partial charge in [-0.3, -0.25) is 0 Å². The third-order valence-corrected chi connectivity index (χ3v) is 2.84. The van der Waals surface area contributed by atoms with Gasteiger partial charge in [-0.15, -0.1) is 0 Å². The molecule has 88 valence electrons. The Morgan fingerprint density at radius 3 is 2.94 bits per heavy atom. The second-order valence-corrected chi connectivity index (χ2v) is 4.17. The van der Waals surface area contributed by atoms with Crippen molar-refractivity contribution < 1.29 is 9.13 Å². The smallest absolute Gasteiger partial charge is 0.218 e. The Bertz CT molecular complexity index is 351. The number of nitrogens with zero attached hydrogens (tertiary/aromatic N) is 1. The number of pyridine rings is 1. The largest absolute Gasteiger partial charge is 0.474 e. The molecule has 0 aliphatic heterocycles. The lowest BCUT2D eigenvalue weighted by atomic mass is 10.2. The van der Waals surface area contributed by atoms with Gasteiger partial charge in [-0.1, -0.05) is 0 Å². The molecule has 1 N–H and O–H groups in total. The van der Waals surface area contributed by atoms with Gasteiger partial charge in [0, 0.05) is 12.1 Å². The zero-order chi connectivity index (χ0) is 11.4. The number of hydrogen-bond acceptors (Lipinski definition) is 3. The highest BCUT2D eigenvalue weighted by molar-refractivity contribution is 5.26. The van der Waals surface area contributed by atoms with Crippen LogP contribution in [0.4, 0.5) is 4.39 Å². The SMILES string of the molecule is CNCc1cc(F)cnc1OC1CCCC1. The van der Waals surface area contributed by atoms with E-state index < -0.39 is 0 Å². The van der Waals surface area contributed by atoms with E-state index in [0.717, 1.165) is 18.4 Å². The highest BCUT2D eigenvalue weighted by atomic mass is 19.1. The molecule has 0 spiro atoms. The van der Waals surface area contributed by atoms with Crippen molar-refractivity contribution in [1.82, 2.24) is 10.3 Å². The first-order chi connectivity index (χ1) is 7.79. The molecular weight excluding hydrogens is 207 g/mol. The summed E-state index contributed by atoms with van der Waals surface area (Å²) in [5, 5.41) is 2.99. The van der Waals surface area contributed by atoms with E-state index in [1.165, 1.54) is 25.1 Å². The van der Waals surface area contributed by atoms with Crippen molar-refractivity contribution in [3.8, 4) is 5.88 Å². The molecule has 1 aromatic heterocycles. The predicted molar refractivity (Wildman–Crippen MR) is 59.8 cm³/mol. The van der Waals surface area contributed by atoms with E-state index in [9.17, 15) is 4.39 Å². The van der Waals surface area contributed by atoms with Gasteiger partial charge in [-0.05, 0) is 38.8 Å². The minimum atomic E-state index is -0.316. The Hall–Kier alpha value is -1.16. The van der Waals surface area contributed by atoms with Gasteiger partial charge in [0.1, 0.15) is 11.9 Å². The molecule has 2 rings (SSSR count). The van der Waals surface area contributed by atoms with Gasteiger partial charge in [-0.2, -0.15) is 0 Å². The molecule has 0 saturated heterocycles. The van der Waals surface area contributed by atoms with E-state index in [4.69, 9.17) is 4.74 Å². The molecule has 4 heteroatoms. The monoisotopic (exact) mass is 224 g/mol. The van der Waals surface area contributed by atoms with Crippen LogP contribution in [0.15, 0.2) is 12.3 Å². The van der Waals surface area contributed by atoms with Crippen LogP contribution in [0.5, 0.6) is 5.88 Å². The van der Waals surface area contributed by atoms with E-state index in [-0.39, 0.29) is 11.9 Å². The molecule has 0 aromatic carbocycles. The summed E-state index contributed by atoms with van der Waals surface area (Å²) in [4.78, 5) is 4.02. The first-order valence-electron chi connectivity index (χ1n) is 5.75. The topological polar surface area (TPSA) is 34.2 Å². The normalized spacial score (nSPS) is 16.6. The molecule has 0 bridgehead atoms. The Balaban J connectivity index is 2.11. The lowest BCUT2D eigenvalue weighted by molar-refractivity contribution is 0.198. The first-order valence-corrected chi connectivity index (χ1v) is 5.75. The number of hydrogen-bond donors (Lipinski definition) is 1. The molecule has 1 aliphatic carbocycles. The van der Waals surface area contributed by atoms with Crippen LogP contribution in [0, 0.1) is 5.82 Å². The molecule has 1 aliphatic rings. The summed E-state index contributed by atoms with van der Waals surface area (Å²) in [6, 6.07) is 1.48. The average molecular weight is 224 g/mol. The predicted octanol–water partition coefficient (Wildman–Crippen LogP) is 2.26. The number of rotatable bonds is 4.